The van der Waals surface area contributed by atoms with Crippen molar-refractivity contribution in [3.8, 4) is 5.75 Å². The predicted molar refractivity (Wildman–Crippen MR) is 87.3 cm³/mol. The number of nitrogens with one attached hydrogen (secondary N) is 1. The molecule has 0 unspecified atom stereocenters. The maximum absolute atomic E-state index is 13.4. The summed E-state index contributed by atoms with van der Waals surface area (Å²) in [5.41, 5.74) is 2.23. The quantitative estimate of drug-likeness (QED) is 0.726. The first-order valence-electron chi connectivity index (χ1n) is 6.66. The summed E-state index contributed by atoms with van der Waals surface area (Å²) in [6.07, 6.45) is 0. The Kier molecular flexibility index (Phi) is 6.03. The van der Waals surface area contributed by atoms with Crippen molar-refractivity contribution in [2.45, 2.75) is 20.1 Å². The highest BCUT2D eigenvalue weighted by molar-refractivity contribution is 9.10. The van der Waals surface area contributed by atoms with Gasteiger partial charge in [-0.3, -0.25) is 0 Å². The summed E-state index contributed by atoms with van der Waals surface area (Å²) in [4.78, 5) is 0. The molecule has 2 aromatic carbocycles. The molecule has 0 aliphatic rings. The Balaban J connectivity index is 2.04. The fourth-order valence-corrected chi connectivity index (χ4v) is 2.63. The highest BCUT2D eigenvalue weighted by Gasteiger charge is 2.08. The van der Waals surface area contributed by atoms with Gasteiger partial charge in [0.05, 0.1) is 9.50 Å². The van der Waals surface area contributed by atoms with E-state index in [0.717, 1.165) is 18.7 Å². The van der Waals surface area contributed by atoms with Crippen molar-refractivity contribution in [2.24, 2.45) is 0 Å². The number of ether oxygens (including phenoxy) is 1. The van der Waals surface area contributed by atoms with Crippen LogP contribution in [0.15, 0.2) is 40.9 Å². The van der Waals surface area contributed by atoms with E-state index in [1.807, 2.05) is 12.1 Å². The Labute approximate surface area is 137 Å². The highest BCUT2D eigenvalue weighted by atomic mass is 79.9. The smallest absolute Gasteiger partial charge is 0.145 e. The van der Waals surface area contributed by atoms with E-state index in [1.54, 1.807) is 0 Å². The van der Waals surface area contributed by atoms with Gasteiger partial charge >= 0.3 is 0 Å². The number of halogens is 3. The van der Waals surface area contributed by atoms with Gasteiger partial charge in [0, 0.05) is 12.6 Å². The first-order chi connectivity index (χ1) is 10.1. The van der Waals surface area contributed by atoms with Gasteiger partial charge in [0.2, 0.25) is 0 Å². The Bertz CT molecular complexity index is 621. The maximum atomic E-state index is 13.4. The lowest BCUT2D eigenvalue weighted by molar-refractivity contribution is 0.302. The molecule has 2 nitrogen and oxygen atoms in total. The molecule has 0 atom stereocenters. The van der Waals surface area contributed by atoms with Crippen molar-refractivity contribution in [1.82, 2.24) is 5.32 Å². The van der Waals surface area contributed by atoms with Crippen LogP contribution in [0.4, 0.5) is 4.39 Å². The van der Waals surface area contributed by atoms with Gasteiger partial charge in [-0.1, -0.05) is 42.8 Å². The number of hydrogen-bond acceptors (Lipinski definition) is 2. The largest absolute Gasteiger partial charge is 0.488 e. The summed E-state index contributed by atoms with van der Waals surface area (Å²) >= 11 is 9.02. The second-order valence-electron chi connectivity index (χ2n) is 4.59. The van der Waals surface area contributed by atoms with E-state index in [1.165, 1.54) is 17.7 Å². The van der Waals surface area contributed by atoms with Gasteiger partial charge in [0.15, 0.2) is 0 Å². The molecular weight excluding hydrogens is 357 g/mol. The van der Waals surface area contributed by atoms with Crippen molar-refractivity contribution in [2.75, 3.05) is 6.54 Å². The van der Waals surface area contributed by atoms with Crippen LogP contribution >= 0.6 is 27.5 Å². The molecule has 0 aromatic heterocycles. The van der Waals surface area contributed by atoms with Crippen molar-refractivity contribution < 1.29 is 9.13 Å². The molecule has 2 aromatic rings. The fourth-order valence-electron chi connectivity index (χ4n) is 1.87. The van der Waals surface area contributed by atoms with Gasteiger partial charge in [-0.05, 0) is 39.7 Å². The van der Waals surface area contributed by atoms with Crippen LogP contribution in [0.3, 0.4) is 0 Å². The van der Waals surface area contributed by atoms with Gasteiger partial charge in [-0.25, -0.2) is 4.39 Å². The van der Waals surface area contributed by atoms with Crippen LogP contribution in [-0.4, -0.2) is 6.54 Å². The molecular formula is C16H16BrClFNO. The highest BCUT2D eigenvalue weighted by Crippen LogP contribution is 2.31. The minimum absolute atomic E-state index is 0.0712. The van der Waals surface area contributed by atoms with E-state index in [0.29, 0.717) is 16.8 Å². The summed E-state index contributed by atoms with van der Waals surface area (Å²) < 4.78 is 19.7. The average molecular weight is 373 g/mol. The van der Waals surface area contributed by atoms with E-state index in [9.17, 15) is 4.39 Å². The van der Waals surface area contributed by atoms with Crippen molar-refractivity contribution in [3.63, 3.8) is 0 Å². The van der Waals surface area contributed by atoms with Gasteiger partial charge < -0.3 is 10.1 Å². The normalized spacial score (nSPS) is 10.7. The van der Waals surface area contributed by atoms with Crippen LogP contribution in [0.2, 0.25) is 5.02 Å². The van der Waals surface area contributed by atoms with Crippen LogP contribution in [-0.2, 0) is 13.2 Å². The molecule has 0 aliphatic carbocycles. The summed E-state index contributed by atoms with van der Waals surface area (Å²) in [6.45, 7) is 4.19. The summed E-state index contributed by atoms with van der Waals surface area (Å²) in [5.74, 6) is -0.0512. The van der Waals surface area contributed by atoms with Gasteiger partial charge in [-0.15, -0.1) is 0 Å². The molecule has 0 saturated carbocycles. The molecule has 0 bridgehead atoms. The number of benzene rings is 2. The second-order valence-corrected chi connectivity index (χ2v) is 5.85. The zero-order valence-electron chi connectivity index (χ0n) is 11.6. The molecule has 0 spiro atoms. The molecule has 0 amide bonds. The third kappa shape index (κ3) is 4.70. The maximum Gasteiger partial charge on any atom is 0.145 e. The molecule has 21 heavy (non-hydrogen) atoms. The first-order valence-corrected chi connectivity index (χ1v) is 7.83. The molecule has 1 N–H and O–H groups in total. The Morgan fingerprint density at radius 3 is 2.76 bits per heavy atom. The number of rotatable bonds is 6. The summed E-state index contributed by atoms with van der Waals surface area (Å²) in [5, 5.41) is 3.35. The Hall–Kier alpha value is -1.10. The lowest BCUT2D eigenvalue weighted by Gasteiger charge is -2.10. The molecule has 0 radical (unpaired) electrons. The topological polar surface area (TPSA) is 21.3 Å². The van der Waals surface area contributed by atoms with E-state index in [4.69, 9.17) is 16.3 Å². The first kappa shape index (κ1) is 16.3. The number of hydrogen-bond donors (Lipinski definition) is 1. The van der Waals surface area contributed by atoms with Crippen molar-refractivity contribution >= 4 is 27.5 Å². The second kappa shape index (κ2) is 7.78. The molecule has 2 rings (SSSR count). The van der Waals surface area contributed by atoms with Crippen molar-refractivity contribution in [3.05, 3.63) is 62.8 Å². The SMILES string of the molecule is CCNCc1cccc(COc2cc(F)c(Cl)cc2Br)c1. The molecule has 0 fully saturated rings. The molecule has 0 aliphatic heterocycles. The summed E-state index contributed by atoms with van der Waals surface area (Å²) in [6, 6.07) is 10.9. The Morgan fingerprint density at radius 1 is 1.24 bits per heavy atom. The molecule has 5 heteroatoms. The van der Waals surface area contributed by atoms with Gasteiger partial charge in [0.1, 0.15) is 18.2 Å². The van der Waals surface area contributed by atoms with E-state index in [-0.39, 0.29) is 5.02 Å². The summed E-state index contributed by atoms with van der Waals surface area (Å²) in [7, 11) is 0. The lowest BCUT2D eigenvalue weighted by Crippen LogP contribution is -2.11. The fraction of sp³-hybridized carbons (Fsp3) is 0.250. The van der Waals surface area contributed by atoms with E-state index >= 15 is 0 Å². The van der Waals surface area contributed by atoms with Gasteiger partial charge in [-0.2, -0.15) is 0 Å². The van der Waals surface area contributed by atoms with Gasteiger partial charge in [0.25, 0.3) is 0 Å². The van der Waals surface area contributed by atoms with E-state index in [2.05, 4.69) is 40.3 Å². The monoisotopic (exact) mass is 371 g/mol. The molecule has 0 saturated heterocycles. The van der Waals surface area contributed by atoms with Crippen LogP contribution in [0, 0.1) is 5.82 Å². The van der Waals surface area contributed by atoms with E-state index < -0.39 is 5.82 Å². The van der Waals surface area contributed by atoms with Crippen LogP contribution in [0.1, 0.15) is 18.1 Å². The predicted octanol–water partition coefficient (Wildman–Crippen LogP) is 4.93. The third-order valence-corrected chi connectivity index (χ3v) is 3.85. The minimum atomic E-state index is -0.490. The average Bonchev–Trinajstić information content (AvgIpc) is 2.48. The zero-order chi connectivity index (χ0) is 15.2. The van der Waals surface area contributed by atoms with Crippen molar-refractivity contribution in [1.29, 1.82) is 0 Å². The van der Waals surface area contributed by atoms with Crippen LogP contribution < -0.4 is 10.1 Å². The standard InChI is InChI=1S/C16H16BrClFNO/c1-2-20-9-11-4-3-5-12(6-11)10-21-16-8-15(19)14(18)7-13(16)17/h3-8,20H,2,9-10H2,1H3. The van der Waals surface area contributed by atoms with Crippen LogP contribution in [0.25, 0.3) is 0 Å². The molecule has 0 heterocycles. The Morgan fingerprint density at radius 2 is 2.00 bits per heavy atom. The molecule has 112 valence electrons. The third-order valence-electron chi connectivity index (χ3n) is 2.94. The van der Waals surface area contributed by atoms with Crippen LogP contribution in [0.5, 0.6) is 5.75 Å². The zero-order valence-corrected chi connectivity index (χ0v) is 14.0. The lowest BCUT2D eigenvalue weighted by atomic mass is 10.1. The minimum Gasteiger partial charge on any atom is -0.488 e.